The Morgan fingerprint density at radius 2 is 1.73 bits per heavy atom. The predicted octanol–water partition coefficient (Wildman–Crippen LogP) is 3.89. The monoisotopic (exact) mass is 517 g/mol. The van der Waals surface area contributed by atoms with Crippen LogP contribution in [0, 0.1) is 0 Å². The third kappa shape index (κ3) is 6.51. The molecule has 37 heavy (non-hydrogen) atoms. The Hall–Kier alpha value is -3.79. The molecule has 1 saturated heterocycles. The first kappa shape index (κ1) is 24.9. The highest BCUT2D eigenvalue weighted by Gasteiger charge is 2.26. The van der Waals surface area contributed by atoms with Crippen LogP contribution in [0.3, 0.4) is 0 Å². The number of hydrogen-bond acceptors (Lipinski definition) is 7. The maximum absolute atomic E-state index is 12.4. The van der Waals surface area contributed by atoms with E-state index in [1.807, 2.05) is 18.2 Å². The van der Waals surface area contributed by atoms with Gasteiger partial charge >= 0.3 is 0 Å². The van der Waals surface area contributed by atoms with E-state index in [-0.39, 0.29) is 17.9 Å². The quantitative estimate of drug-likeness (QED) is 0.347. The Morgan fingerprint density at radius 1 is 0.973 bits per heavy atom. The van der Waals surface area contributed by atoms with Crippen molar-refractivity contribution in [1.29, 1.82) is 0 Å². The van der Waals surface area contributed by atoms with Crippen LogP contribution in [0.1, 0.15) is 27.5 Å². The van der Waals surface area contributed by atoms with Crippen LogP contribution in [0.25, 0.3) is 0 Å². The summed E-state index contributed by atoms with van der Waals surface area (Å²) >= 11 is 6.15. The van der Waals surface area contributed by atoms with Gasteiger partial charge in [-0.15, -0.1) is 5.10 Å². The molecule has 5 rings (SSSR count). The first-order chi connectivity index (χ1) is 18.2. The van der Waals surface area contributed by atoms with Crippen molar-refractivity contribution in [2.24, 2.45) is 0 Å². The molecule has 9 nitrogen and oxygen atoms in total. The molecule has 10 heteroatoms. The topological polar surface area (TPSA) is 99.3 Å². The van der Waals surface area contributed by atoms with Crippen LogP contribution in [0.4, 0.5) is 5.95 Å². The van der Waals surface area contributed by atoms with E-state index in [9.17, 15) is 4.79 Å². The highest BCUT2D eigenvalue weighted by molar-refractivity contribution is 6.30. The number of nitrogens with zero attached hydrogens (tertiary/aromatic N) is 5. The minimum Gasteiger partial charge on any atom is -0.492 e. The van der Waals surface area contributed by atoms with E-state index in [2.05, 4.69) is 78.2 Å². The van der Waals surface area contributed by atoms with Gasteiger partial charge in [-0.2, -0.15) is 5.21 Å². The molecule has 0 saturated carbocycles. The van der Waals surface area contributed by atoms with Gasteiger partial charge in [-0.3, -0.25) is 19.9 Å². The van der Waals surface area contributed by atoms with Gasteiger partial charge in [0.05, 0.1) is 6.04 Å². The largest absolute Gasteiger partial charge is 0.492 e. The van der Waals surface area contributed by atoms with Gasteiger partial charge in [-0.25, -0.2) is 0 Å². The summed E-state index contributed by atoms with van der Waals surface area (Å²) in [6.45, 7) is 5.15. The molecule has 0 bridgehead atoms. The fraction of sp³-hybridized carbons (Fsp3) is 0.259. The second-order valence-corrected chi connectivity index (χ2v) is 9.24. The number of benzene rings is 3. The molecule has 1 unspecified atom stereocenters. The van der Waals surface area contributed by atoms with Gasteiger partial charge in [-0.1, -0.05) is 65.2 Å². The molecule has 2 N–H and O–H groups in total. The number of tetrazole rings is 1. The molecule has 0 spiro atoms. The molecule has 1 atom stereocenters. The van der Waals surface area contributed by atoms with Gasteiger partial charge < -0.3 is 4.74 Å². The minimum atomic E-state index is -0.323. The molecule has 1 aliphatic rings. The summed E-state index contributed by atoms with van der Waals surface area (Å²) in [7, 11) is 0. The summed E-state index contributed by atoms with van der Waals surface area (Å²) in [6, 6.07) is 26.0. The lowest BCUT2D eigenvalue weighted by Gasteiger charge is -2.39. The first-order valence-corrected chi connectivity index (χ1v) is 12.6. The summed E-state index contributed by atoms with van der Waals surface area (Å²) in [5.74, 6) is 0.448. The van der Waals surface area contributed by atoms with Crippen molar-refractivity contribution in [2.45, 2.75) is 6.04 Å². The molecule has 1 amide bonds. The molecule has 190 valence electrons. The van der Waals surface area contributed by atoms with E-state index >= 15 is 0 Å². The standard InChI is InChI=1S/C27H28ClN7O2/c28-23-11-9-21(10-12-23)25(20-5-2-1-3-6-20)35-15-13-34(14-16-35)17-18-37-24-8-4-7-22(19-24)26(36)29-27-30-32-33-31-27/h1-12,19,25H,13-18H2,(H2,29,30,31,32,33,36). The summed E-state index contributed by atoms with van der Waals surface area (Å²) < 4.78 is 5.96. The zero-order chi connectivity index (χ0) is 25.5. The highest BCUT2D eigenvalue weighted by Crippen LogP contribution is 2.30. The predicted molar refractivity (Wildman–Crippen MR) is 142 cm³/mol. The fourth-order valence-corrected chi connectivity index (χ4v) is 4.67. The molecule has 4 aromatic rings. The van der Waals surface area contributed by atoms with Crippen LogP contribution < -0.4 is 10.1 Å². The number of hydrogen-bond donors (Lipinski definition) is 2. The fourth-order valence-electron chi connectivity index (χ4n) is 4.55. The lowest BCUT2D eigenvalue weighted by molar-refractivity contribution is 0.0975. The van der Waals surface area contributed by atoms with Crippen molar-refractivity contribution in [3.63, 3.8) is 0 Å². The lowest BCUT2D eigenvalue weighted by atomic mass is 9.96. The molecule has 3 aromatic carbocycles. The SMILES string of the molecule is O=C(Nc1nn[nH]n1)c1cccc(OCCN2CCN(C(c3ccccc3)c3ccc(Cl)cc3)CC2)c1. The van der Waals surface area contributed by atoms with E-state index in [1.165, 1.54) is 11.1 Å². The van der Waals surface area contributed by atoms with Crippen LogP contribution in [0.5, 0.6) is 5.75 Å². The van der Waals surface area contributed by atoms with Crippen molar-refractivity contribution in [1.82, 2.24) is 30.4 Å². The Bertz CT molecular complexity index is 1280. The molecular formula is C27H28ClN7O2. The van der Waals surface area contributed by atoms with Crippen LogP contribution in [0.2, 0.25) is 5.02 Å². The summed E-state index contributed by atoms with van der Waals surface area (Å²) in [6.07, 6.45) is 0. The zero-order valence-electron chi connectivity index (χ0n) is 20.3. The number of anilines is 1. The number of piperazine rings is 1. The average Bonchev–Trinajstić information content (AvgIpc) is 3.45. The summed E-state index contributed by atoms with van der Waals surface area (Å²) in [5.41, 5.74) is 2.99. The number of carbonyl (C=O) groups excluding carboxylic acids is 1. The van der Waals surface area contributed by atoms with E-state index < -0.39 is 0 Å². The summed E-state index contributed by atoms with van der Waals surface area (Å²) in [5, 5.41) is 16.5. The van der Waals surface area contributed by atoms with Crippen molar-refractivity contribution in [2.75, 3.05) is 44.6 Å². The smallest absolute Gasteiger partial charge is 0.270 e. The maximum atomic E-state index is 12.4. The molecule has 1 fully saturated rings. The Kier molecular flexibility index (Phi) is 8.05. The van der Waals surface area contributed by atoms with Gasteiger partial charge in [-0.05, 0) is 46.7 Å². The lowest BCUT2D eigenvalue weighted by Crippen LogP contribution is -2.48. The molecule has 1 aromatic heterocycles. The number of aromatic amines is 1. The molecular weight excluding hydrogens is 490 g/mol. The van der Waals surface area contributed by atoms with Gasteiger partial charge in [0.25, 0.3) is 11.9 Å². The summed E-state index contributed by atoms with van der Waals surface area (Å²) in [4.78, 5) is 17.3. The van der Waals surface area contributed by atoms with Gasteiger partial charge in [0.15, 0.2) is 0 Å². The van der Waals surface area contributed by atoms with Crippen molar-refractivity contribution >= 4 is 23.5 Å². The number of amides is 1. The second-order valence-electron chi connectivity index (χ2n) is 8.81. The number of carbonyl (C=O) groups is 1. The highest BCUT2D eigenvalue weighted by atomic mass is 35.5. The molecule has 2 heterocycles. The van der Waals surface area contributed by atoms with Gasteiger partial charge in [0, 0.05) is 43.3 Å². The Balaban J connectivity index is 1.14. The molecule has 0 aliphatic carbocycles. The Morgan fingerprint density at radius 3 is 2.46 bits per heavy atom. The zero-order valence-corrected chi connectivity index (χ0v) is 21.0. The van der Waals surface area contributed by atoms with E-state index in [4.69, 9.17) is 16.3 Å². The van der Waals surface area contributed by atoms with Crippen molar-refractivity contribution < 1.29 is 9.53 Å². The number of rotatable bonds is 9. The van der Waals surface area contributed by atoms with Gasteiger partial charge in [0.1, 0.15) is 12.4 Å². The number of aromatic nitrogens is 4. The Labute approximate surface area is 220 Å². The minimum absolute atomic E-state index is 0.126. The average molecular weight is 518 g/mol. The van der Waals surface area contributed by atoms with Crippen molar-refractivity contribution in [3.8, 4) is 5.75 Å². The van der Waals surface area contributed by atoms with Crippen LogP contribution in [-0.4, -0.2) is 75.7 Å². The van der Waals surface area contributed by atoms with E-state index in [1.54, 1.807) is 18.2 Å². The number of H-pyrrole nitrogens is 1. The molecule has 1 aliphatic heterocycles. The van der Waals surface area contributed by atoms with Gasteiger partial charge in [0.2, 0.25) is 0 Å². The number of ether oxygens (including phenoxy) is 1. The molecule has 0 radical (unpaired) electrons. The van der Waals surface area contributed by atoms with Crippen LogP contribution in [0.15, 0.2) is 78.9 Å². The van der Waals surface area contributed by atoms with Crippen LogP contribution >= 0.6 is 11.6 Å². The normalized spacial score (nSPS) is 15.3. The van der Waals surface area contributed by atoms with Crippen molar-refractivity contribution in [3.05, 3.63) is 101 Å². The first-order valence-electron chi connectivity index (χ1n) is 12.2. The van der Waals surface area contributed by atoms with Crippen LogP contribution in [-0.2, 0) is 0 Å². The second kappa shape index (κ2) is 12.0. The third-order valence-electron chi connectivity index (χ3n) is 6.42. The third-order valence-corrected chi connectivity index (χ3v) is 6.67. The number of nitrogens with one attached hydrogen (secondary N) is 2. The maximum Gasteiger partial charge on any atom is 0.270 e. The van der Waals surface area contributed by atoms with E-state index in [0.717, 1.165) is 37.7 Å². The van der Waals surface area contributed by atoms with E-state index in [0.29, 0.717) is 17.9 Å². The number of halogens is 1.